The molecule has 0 spiro atoms. The van der Waals surface area contributed by atoms with Crippen molar-refractivity contribution in [2.75, 3.05) is 20.2 Å². The molecule has 1 heterocycles. The molecule has 1 saturated heterocycles. The van der Waals surface area contributed by atoms with Crippen LogP contribution >= 0.6 is 0 Å². The molecule has 118 valence electrons. The minimum atomic E-state index is 0.356. The first-order chi connectivity index (χ1) is 11.3. The van der Waals surface area contributed by atoms with Crippen LogP contribution in [0.15, 0.2) is 54.6 Å². The van der Waals surface area contributed by atoms with E-state index in [0.717, 1.165) is 25.4 Å². The predicted octanol–water partition coefficient (Wildman–Crippen LogP) is 3.82. The molecule has 1 fully saturated rings. The zero-order valence-electron chi connectivity index (χ0n) is 13.5. The molecular weight excluding hydrogens is 284 g/mol. The van der Waals surface area contributed by atoms with Crippen molar-refractivity contribution >= 4 is 0 Å². The van der Waals surface area contributed by atoms with E-state index in [2.05, 4.69) is 47.4 Å². The molecule has 0 aliphatic carbocycles. The summed E-state index contributed by atoms with van der Waals surface area (Å²) in [5, 5.41) is 9.19. The molecule has 3 heteroatoms. The summed E-state index contributed by atoms with van der Waals surface area (Å²) in [6.45, 7) is 2.88. The maximum atomic E-state index is 9.19. The van der Waals surface area contributed by atoms with Crippen LogP contribution < -0.4 is 4.74 Å². The third kappa shape index (κ3) is 3.55. The molecule has 2 atom stereocenters. The Balaban J connectivity index is 1.80. The van der Waals surface area contributed by atoms with Crippen molar-refractivity contribution in [2.24, 2.45) is 5.92 Å². The fourth-order valence-electron chi connectivity index (χ4n) is 3.58. The molecule has 1 aliphatic rings. The molecule has 0 amide bonds. The molecule has 3 nitrogen and oxygen atoms in total. The largest absolute Gasteiger partial charge is 0.496 e. The molecule has 0 radical (unpaired) electrons. The second kappa shape index (κ2) is 7.30. The summed E-state index contributed by atoms with van der Waals surface area (Å²) in [5.74, 6) is 1.65. The highest BCUT2D eigenvalue weighted by Crippen LogP contribution is 2.39. The minimum Gasteiger partial charge on any atom is -0.496 e. The van der Waals surface area contributed by atoms with Crippen molar-refractivity contribution in [1.82, 2.24) is 4.90 Å². The molecule has 0 N–H and O–H groups in total. The number of rotatable bonds is 5. The van der Waals surface area contributed by atoms with Crippen molar-refractivity contribution in [1.29, 1.82) is 5.26 Å². The van der Waals surface area contributed by atoms with Gasteiger partial charge in [-0.15, -0.1) is 0 Å². The van der Waals surface area contributed by atoms with Crippen LogP contribution in [0, 0.1) is 17.2 Å². The maximum Gasteiger partial charge on any atom is 0.122 e. The normalized spacial score (nSPS) is 21.0. The van der Waals surface area contributed by atoms with Crippen LogP contribution in [0.1, 0.15) is 23.5 Å². The van der Waals surface area contributed by atoms with Gasteiger partial charge in [0.25, 0.3) is 0 Å². The topological polar surface area (TPSA) is 36.3 Å². The van der Waals surface area contributed by atoms with E-state index in [1.165, 1.54) is 11.1 Å². The lowest BCUT2D eigenvalue weighted by atomic mass is 9.86. The van der Waals surface area contributed by atoms with Gasteiger partial charge in [-0.25, -0.2) is 0 Å². The van der Waals surface area contributed by atoms with Gasteiger partial charge in [-0.1, -0.05) is 48.5 Å². The van der Waals surface area contributed by atoms with Crippen molar-refractivity contribution in [3.8, 4) is 11.8 Å². The van der Waals surface area contributed by atoms with Gasteiger partial charge in [0.1, 0.15) is 5.75 Å². The van der Waals surface area contributed by atoms with Crippen molar-refractivity contribution < 1.29 is 4.74 Å². The fourth-order valence-corrected chi connectivity index (χ4v) is 3.58. The Hall–Kier alpha value is -2.31. The predicted molar refractivity (Wildman–Crippen MR) is 91.2 cm³/mol. The number of nitrogens with zero attached hydrogens (tertiary/aromatic N) is 2. The molecule has 23 heavy (non-hydrogen) atoms. The Morgan fingerprint density at radius 1 is 1.09 bits per heavy atom. The first-order valence-corrected chi connectivity index (χ1v) is 8.08. The van der Waals surface area contributed by atoms with E-state index in [9.17, 15) is 5.26 Å². The molecule has 0 bridgehead atoms. The Morgan fingerprint density at radius 2 is 1.83 bits per heavy atom. The van der Waals surface area contributed by atoms with Crippen LogP contribution in [-0.2, 0) is 6.54 Å². The second-order valence-electron chi connectivity index (χ2n) is 6.15. The van der Waals surface area contributed by atoms with Crippen LogP contribution in [0.2, 0.25) is 0 Å². The second-order valence-corrected chi connectivity index (χ2v) is 6.15. The molecule has 2 aromatic carbocycles. The summed E-state index contributed by atoms with van der Waals surface area (Å²) in [5.41, 5.74) is 2.55. The summed E-state index contributed by atoms with van der Waals surface area (Å²) in [6.07, 6.45) is 0.591. The van der Waals surface area contributed by atoms with E-state index in [4.69, 9.17) is 4.74 Å². The molecule has 3 rings (SSSR count). The van der Waals surface area contributed by atoms with E-state index in [-0.39, 0.29) is 0 Å². The highest BCUT2D eigenvalue weighted by Gasteiger charge is 2.34. The average molecular weight is 306 g/mol. The Labute approximate surface area is 138 Å². The zero-order chi connectivity index (χ0) is 16.1. The lowest BCUT2D eigenvalue weighted by Gasteiger charge is -2.19. The van der Waals surface area contributed by atoms with Crippen molar-refractivity contribution in [2.45, 2.75) is 18.9 Å². The minimum absolute atomic E-state index is 0.356. The van der Waals surface area contributed by atoms with Crippen LogP contribution in [0.3, 0.4) is 0 Å². The van der Waals surface area contributed by atoms with Crippen molar-refractivity contribution in [3.63, 3.8) is 0 Å². The van der Waals surface area contributed by atoms with Gasteiger partial charge in [0.2, 0.25) is 0 Å². The van der Waals surface area contributed by atoms with Gasteiger partial charge < -0.3 is 4.74 Å². The van der Waals surface area contributed by atoms with E-state index in [1.54, 1.807) is 7.11 Å². The summed E-state index contributed by atoms with van der Waals surface area (Å²) < 4.78 is 5.54. The number of hydrogen-bond acceptors (Lipinski definition) is 3. The number of hydrogen-bond donors (Lipinski definition) is 0. The van der Waals surface area contributed by atoms with Crippen LogP contribution in [0.4, 0.5) is 0 Å². The molecule has 1 aliphatic heterocycles. The number of likely N-dealkylation sites (tertiary alicyclic amines) is 1. The quantitative estimate of drug-likeness (QED) is 0.842. The van der Waals surface area contributed by atoms with Crippen LogP contribution in [0.25, 0.3) is 0 Å². The monoisotopic (exact) mass is 306 g/mol. The van der Waals surface area contributed by atoms with Crippen LogP contribution in [0.5, 0.6) is 5.75 Å². The molecule has 2 unspecified atom stereocenters. The summed E-state index contributed by atoms with van der Waals surface area (Å²) in [6, 6.07) is 21.1. The van der Waals surface area contributed by atoms with Crippen LogP contribution in [-0.4, -0.2) is 25.1 Å². The molecule has 2 aromatic rings. The zero-order valence-corrected chi connectivity index (χ0v) is 13.5. The van der Waals surface area contributed by atoms with Gasteiger partial charge in [0, 0.05) is 32.0 Å². The number of para-hydroxylation sites is 1. The SMILES string of the molecule is COc1ccccc1C1CN(Cc2ccccc2)CC1CC#N. The maximum absolute atomic E-state index is 9.19. The number of benzene rings is 2. The van der Waals surface area contributed by atoms with Gasteiger partial charge in [-0.2, -0.15) is 5.26 Å². The summed E-state index contributed by atoms with van der Waals surface area (Å²) in [7, 11) is 1.72. The van der Waals surface area contributed by atoms with E-state index in [0.29, 0.717) is 18.3 Å². The Morgan fingerprint density at radius 3 is 2.57 bits per heavy atom. The lowest BCUT2D eigenvalue weighted by Crippen LogP contribution is -2.20. The molecule has 0 saturated carbocycles. The standard InChI is InChI=1S/C20H22N2O/c1-23-20-10-6-5-9-18(20)19-15-22(14-17(19)11-12-21)13-16-7-3-2-4-8-16/h2-10,17,19H,11,13-15H2,1H3. The van der Waals surface area contributed by atoms with Gasteiger partial charge >= 0.3 is 0 Å². The third-order valence-electron chi connectivity index (χ3n) is 4.66. The van der Waals surface area contributed by atoms with Gasteiger partial charge in [0.15, 0.2) is 0 Å². The average Bonchev–Trinajstić information content (AvgIpc) is 2.98. The third-order valence-corrected chi connectivity index (χ3v) is 4.66. The van der Waals surface area contributed by atoms with E-state index in [1.807, 2.05) is 18.2 Å². The lowest BCUT2D eigenvalue weighted by molar-refractivity contribution is 0.316. The number of nitriles is 1. The highest BCUT2D eigenvalue weighted by molar-refractivity contribution is 5.38. The van der Waals surface area contributed by atoms with Gasteiger partial charge in [-0.3, -0.25) is 4.90 Å². The van der Waals surface area contributed by atoms with E-state index >= 15 is 0 Å². The Bertz CT molecular complexity index is 678. The summed E-state index contributed by atoms with van der Waals surface area (Å²) in [4.78, 5) is 2.45. The molecule has 0 aromatic heterocycles. The smallest absolute Gasteiger partial charge is 0.122 e. The van der Waals surface area contributed by atoms with Crippen molar-refractivity contribution in [3.05, 3.63) is 65.7 Å². The van der Waals surface area contributed by atoms with E-state index < -0.39 is 0 Å². The molecular formula is C20H22N2O. The number of ether oxygens (including phenoxy) is 1. The first-order valence-electron chi connectivity index (χ1n) is 8.08. The highest BCUT2D eigenvalue weighted by atomic mass is 16.5. The Kier molecular flexibility index (Phi) is 4.95. The fraction of sp³-hybridized carbons (Fsp3) is 0.350. The summed E-state index contributed by atoms with van der Waals surface area (Å²) >= 11 is 0. The van der Waals surface area contributed by atoms with Gasteiger partial charge in [-0.05, 0) is 23.1 Å². The first kappa shape index (κ1) is 15.6. The number of methoxy groups -OCH3 is 1. The van der Waals surface area contributed by atoms with Gasteiger partial charge in [0.05, 0.1) is 13.2 Å².